The van der Waals surface area contributed by atoms with Gasteiger partial charge in [0.25, 0.3) is 5.91 Å². The largest absolute Gasteiger partial charge is 0.482 e. The molecular formula is C37H53BN4O7. The molecule has 11 nitrogen and oxygen atoms in total. The molecule has 6 atom stereocenters. The van der Waals surface area contributed by atoms with Crippen molar-refractivity contribution in [2.75, 3.05) is 26.2 Å². The molecule has 3 amide bonds. The van der Waals surface area contributed by atoms with Crippen LogP contribution in [0.5, 0.6) is 0 Å². The van der Waals surface area contributed by atoms with Crippen LogP contribution in [0.2, 0.25) is 0 Å². The molecule has 2 heterocycles. The van der Waals surface area contributed by atoms with Gasteiger partial charge in [-0.1, -0.05) is 71.0 Å². The summed E-state index contributed by atoms with van der Waals surface area (Å²) >= 11 is 0. The summed E-state index contributed by atoms with van der Waals surface area (Å²) in [5.41, 5.74) is -0.343. The molecule has 2 aliphatic heterocycles. The van der Waals surface area contributed by atoms with Crippen LogP contribution in [0.25, 0.3) is 0 Å². The first kappa shape index (κ1) is 36.7. The Balaban J connectivity index is 1.31. The number of nitrogens with zero attached hydrogens (tertiary/aromatic N) is 3. The number of carbonyl (C=O) groups excluding carboxylic acids is 3. The van der Waals surface area contributed by atoms with Crippen LogP contribution in [0, 0.1) is 34.0 Å². The zero-order valence-electron chi connectivity index (χ0n) is 30.6. The van der Waals surface area contributed by atoms with Gasteiger partial charge in [0.1, 0.15) is 23.9 Å². The van der Waals surface area contributed by atoms with Gasteiger partial charge >= 0.3 is 19.3 Å². The minimum atomic E-state index is -0.710. The van der Waals surface area contributed by atoms with Crippen molar-refractivity contribution in [1.29, 1.82) is 5.26 Å². The topological polar surface area (TPSA) is 130 Å². The minimum absolute atomic E-state index is 0.00201. The smallest absolute Gasteiger partial charge is 0.447 e. The van der Waals surface area contributed by atoms with Crippen LogP contribution in [0.4, 0.5) is 9.59 Å². The van der Waals surface area contributed by atoms with Crippen molar-refractivity contribution in [3.05, 3.63) is 47.5 Å². The van der Waals surface area contributed by atoms with E-state index in [1.165, 1.54) is 9.80 Å². The van der Waals surface area contributed by atoms with E-state index in [0.29, 0.717) is 18.3 Å². The van der Waals surface area contributed by atoms with Crippen molar-refractivity contribution in [2.45, 2.75) is 111 Å². The van der Waals surface area contributed by atoms with Gasteiger partial charge in [0.15, 0.2) is 0 Å². The highest BCUT2D eigenvalue weighted by Gasteiger charge is 2.67. The van der Waals surface area contributed by atoms with Gasteiger partial charge in [-0.15, -0.1) is 0 Å². The average molecular weight is 677 g/mol. The zero-order valence-corrected chi connectivity index (χ0v) is 30.6. The van der Waals surface area contributed by atoms with Crippen LogP contribution in [0.15, 0.2) is 42.0 Å². The molecular weight excluding hydrogens is 623 g/mol. The van der Waals surface area contributed by atoms with Crippen LogP contribution in [0.1, 0.15) is 80.7 Å². The van der Waals surface area contributed by atoms with E-state index in [0.717, 1.165) is 18.4 Å². The van der Waals surface area contributed by atoms with Crippen molar-refractivity contribution in [3.8, 4) is 6.07 Å². The third-order valence-corrected chi connectivity index (χ3v) is 10.5. The molecule has 1 unspecified atom stereocenters. The Kier molecular flexibility index (Phi) is 10.2. The van der Waals surface area contributed by atoms with Gasteiger partial charge < -0.3 is 33.9 Å². The highest BCUT2D eigenvalue weighted by Crippen LogP contribution is 2.64. The fourth-order valence-electron chi connectivity index (χ4n) is 7.85. The summed E-state index contributed by atoms with van der Waals surface area (Å²) in [7, 11) is -0.672. The normalized spacial score (nSPS) is 28.5. The molecule has 0 aromatic heterocycles. The monoisotopic (exact) mass is 676 g/mol. The van der Waals surface area contributed by atoms with Gasteiger partial charge in [-0.3, -0.25) is 4.79 Å². The first-order valence-electron chi connectivity index (χ1n) is 17.5. The Hall–Kier alpha value is -3.56. The Morgan fingerprint density at radius 3 is 2.43 bits per heavy atom. The first-order chi connectivity index (χ1) is 22.8. The second-order valence-corrected chi connectivity index (χ2v) is 17.1. The van der Waals surface area contributed by atoms with E-state index in [1.54, 1.807) is 26.8 Å². The maximum atomic E-state index is 13.7. The summed E-state index contributed by atoms with van der Waals surface area (Å²) in [4.78, 5) is 43.2. The highest BCUT2D eigenvalue weighted by molar-refractivity contribution is 6.47. The fourth-order valence-corrected chi connectivity index (χ4v) is 7.85. The van der Waals surface area contributed by atoms with Crippen LogP contribution < -0.4 is 5.32 Å². The van der Waals surface area contributed by atoms with Crippen LogP contribution in [-0.2, 0) is 30.0 Å². The van der Waals surface area contributed by atoms with E-state index in [1.807, 2.05) is 57.2 Å². The van der Waals surface area contributed by atoms with E-state index >= 15 is 0 Å². The number of carbonyl (C=O) groups is 3. The van der Waals surface area contributed by atoms with Crippen molar-refractivity contribution >= 4 is 25.2 Å². The van der Waals surface area contributed by atoms with E-state index in [-0.39, 0.29) is 43.3 Å². The number of hydrogen-bond donors (Lipinski definition) is 1. The molecule has 0 radical (unpaired) electrons. The number of nitrogens with one attached hydrogen (secondary N) is 1. The predicted molar refractivity (Wildman–Crippen MR) is 185 cm³/mol. The number of ether oxygens (including phenoxy) is 2. The third kappa shape index (κ3) is 8.26. The summed E-state index contributed by atoms with van der Waals surface area (Å²) < 4.78 is 24.7. The molecule has 266 valence electrons. The predicted octanol–water partition coefficient (Wildman–Crippen LogP) is 5.54. The summed E-state index contributed by atoms with van der Waals surface area (Å²) in [6.07, 6.45) is 2.86. The molecule has 5 aliphatic rings. The number of alkyl carbamates (subject to hydrolysis) is 1. The minimum Gasteiger partial charge on any atom is -0.447 e. The summed E-state index contributed by atoms with van der Waals surface area (Å²) in [6.45, 7) is 18.1. The molecule has 1 aromatic carbocycles. The van der Waals surface area contributed by atoms with Gasteiger partial charge in [0.05, 0.1) is 23.7 Å². The quantitative estimate of drug-likeness (QED) is 0.227. The van der Waals surface area contributed by atoms with Crippen molar-refractivity contribution in [3.63, 3.8) is 0 Å². The van der Waals surface area contributed by atoms with Gasteiger partial charge in [-0.25, -0.2) is 9.59 Å². The first-order valence-corrected chi connectivity index (χ1v) is 17.5. The molecule has 6 rings (SSSR count). The Morgan fingerprint density at radius 1 is 1.12 bits per heavy atom. The second kappa shape index (κ2) is 13.6. The standard InChI is InChI=1S/C37H53BN4O7/c1-34(2,3)19-25(21-39)31(43)42-16-15-41(33(45)47-35(4,5)6)22-27(42)23-46-32(44)40-29(17-24-13-11-10-12-14-24)38-48-30-28-18-26(36(28,7)8)20-37(30,9)49-38/h10-14,19,26-30H,15-18,20,22-23H2,1-9H3,(H,40,44)/b25-19+/t26-,27?,28+,29-,30-,37+/m0/s1. The van der Waals surface area contributed by atoms with Gasteiger partial charge in [-0.05, 0) is 75.2 Å². The number of amides is 3. The van der Waals surface area contributed by atoms with E-state index in [4.69, 9.17) is 18.8 Å². The van der Waals surface area contributed by atoms with E-state index in [2.05, 4.69) is 26.1 Å². The van der Waals surface area contributed by atoms with E-state index in [9.17, 15) is 19.6 Å². The number of allylic oxidation sites excluding steroid dienone is 1. The Bertz CT molecular complexity index is 1480. The van der Waals surface area contributed by atoms with Crippen LogP contribution >= 0.6 is 0 Å². The number of rotatable bonds is 7. The van der Waals surface area contributed by atoms with Crippen molar-refractivity contribution in [2.24, 2.45) is 22.7 Å². The lowest BCUT2D eigenvalue weighted by Crippen LogP contribution is -2.63. The van der Waals surface area contributed by atoms with Gasteiger partial charge in [0.2, 0.25) is 0 Å². The maximum Gasteiger partial charge on any atom is 0.482 e. The molecule has 12 heteroatoms. The summed E-state index contributed by atoms with van der Waals surface area (Å²) in [5, 5.41) is 12.9. The SMILES string of the molecule is CC(C)(C)/C=C(\C#N)C(=O)N1CCN(C(=O)OC(C)(C)C)CC1COC(=O)N[C@@H](Cc1ccccc1)B1O[C@H]2[C@H]3C[C@@H](C[C@@]2(C)O1)C3(C)C. The fraction of sp³-hybridized carbons (Fsp3) is 0.676. The lowest BCUT2D eigenvalue weighted by Gasteiger charge is -2.63. The van der Waals surface area contributed by atoms with Gasteiger partial charge in [-0.2, -0.15) is 5.26 Å². The van der Waals surface area contributed by atoms with Crippen LogP contribution in [0.3, 0.4) is 0 Å². The Morgan fingerprint density at radius 2 is 1.82 bits per heavy atom. The van der Waals surface area contributed by atoms with Crippen molar-refractivity contribution in [1.82, 2.24) is 15.1 Å². The molecule has 1 aromatic rings. The molecule has 5 fully saturated rings. The summed E-state index contributed by atoms with van der Waals surface area (Å²) in [5.74, 6) is -0.0474. The highest BCUT2D eigenvalue weighted by atomic mass is 16.7. The third-order valence-electron chi connectivity index (χ3n) is 10.5. The van der Waals surface area contributed by atoms with Gasteiger partial charge in [0, 0.05) is 19.6 Å². The van der Waals surface area contributed by atoms with Crippen molar-refractivity contribution < 1.29 is 33.2 Å². The lowest BCUT2D eigenvalue weighted by molar-refractivity contribution is -0.185. The summed E-state index contributed by atoms with van der Waals surface area (Å²) in [6, 6.07) is 11.2. The molecule has 49 heavy (non-hydrogen) atoms. The number of benzene rings is 1. The molecule has 3 aliphatic carbocycles. The molecule has 2 bridgehead atoms. The van der Waals surface area contributed by atoms with Crippen LogP contribution in [-0.4, -0.2) is 90.5 Å². The zero-order chi connectivity index (χ0) is 35.9. The number of piperazine rings is 1. The maximum absolute atomic E-state index is 13.7. The average Bonchev–Trinajstić information content (AvgIpc) is 3.38. The molecule has 3 saturated carbocycles. The molecule has 2 saturated heterocycles. The molecule has 1 N–H and O–H groups in total. The second-order valence-electron chi connectivity index (χ2n) is 17.1. The Labute approximate surface area is 291 Å². The number of nitriles is 1. The lowest BCUT2D eigenvalue weighted by atomic mass is 9.45. The molecule has 0 spiro atoms. The number of hydrogen-bond acceptors (Lipinski definition) is 8. The van der Waals surface area contributed by atoms with E-state index < -0.39 is 53.8 Å².